The van der Waals surface area contributed by atoms with Crippen molar-refractivity contribution in [1.82, 2.24) is 15.2 Å². The summed E-state index contributed by atoms with van der Waals surface area (Å²) in [5.41, 5.74) is 3.37. The van der Waals surface area contributed by atoms with Gasteiger partial charge in [0.25, 0.3) is 0 Å². The number of halogens is 2. The Morgan fingerprint density at radius 3 is 2.53 bits per heavy atom. The summed E-state index contributed by atoms with van der Waals surface area (Å²) in [6.45, 7) is 8.29. The van der Waals surface area contributed by atoms with Crippen LogP contribution in [0, 0.1) is 0 Å². The molecular formula is C29H36Cl2N4O2S. The van der Waals surface area contributed by atoms with Crippen LogP contribution in [0.2, 0.25) is 10.0 Å². The third kappa shape index (κ3) is 7.84. The van der Waals surface area contributed by atoms with Crippen LogP contribution in [0.1, 0.15) is 31.2 Å². The van der Waals surface area contributed by atoms with Crippen molar-refractivity contribution in [2.24, 2.45) is 0 Å². The minimum Gasteiger partial charge on any atom is -0.494 e. The summed E-state index contributed by atoms with van der Waals surface area (Å²) in [7, 11) is 0. The zero-order valence-electron chi connectivity index (χ0n) is 21.7. The molecule has 0 atom stereocenters. The molecule has 1 N–H and O–H groups in total. The summed E-state index contributed by atoms with van der Waals surface area (Å²) in [5.74, 6) is 0.916. The molecule has 3 aromatic rings. The van der Waals surface area contributed by atoms with Gasteiger partial charge in [-0.25, -0.2) is 4.98 Å². The van der Waals surface area contributed by atoms with Crippen LogP contribution in [0.5, 0.6) is 5.75 Å². The van der Waals surface area contributed by atoms with Gasteiger partial charge in [0.05, 0.1) is 35.6 Å². The van der Waals surface area contributed by atoms with Crippen LogP contribution in [-0.2, 0) is 11.3 Å². The molecule has 0 radical (unpaired) electrons. The van der Waals surface area contributed by atoms with Gasteiger partial charge in [-0.1, -0.05) is 29.3 Å². The van der Waals surface area contributed by atoms with Gasteiger partial charge in [-0.15, -0.1) is 11.3 Å². The van der Waals surface area contributed by atoms with Crippen LogP contribution in [-0.4, -0.2) is 68.5 Å². The zero-order valence-corrected chi connectivity index (χ0v) is 24.0. The van der Waals surface area contributed by atoms with Gasteiger partial charge in [0.15, 0.2) is 5.13 Å². The second kappa shape index (κ2) is 14.0. The topological polar surface area (TPSA) is 49.9 Å². The second-order valence-corrected chi connectivity index (χ2v) is 11.6. The maximum atomic E-state index is 6.16. The van der Waals surface area contributed by atoms with Crippen molar-refractivity contribution >= 4 is 39.7 Å². The minimum atomic E-state index is 0.600. The number of anilines is 1. The van der Waals surface area contributed by atoms with Crippen LogP contribution in [0.4, 0.5) is 5.13 Å². The monoisotopic (exact) mass is 574 g/mol. The molecule has 6 nitrogen and oxygen atoms in total. The SMILES string of the molecule is Clc1ccc(CN2CCC(NCCCCOc3ccc(-c4csc(N5CCOCC5)n4)cc3)CC2)cc1Cl. The normalized spacial score (nSPS) is 17.2. The van der Waals surface area contributed by atoms with Gasteiger partial charge in [-0.05, 0) is 87.3 Å². The van der Waals surface area contributed by atoms with Gasteiger partial charge in [0.2, 0.25) is 0 Å². The van der Waals surface area contributed by atoms with Gasteiger partial charge in [-0.3, -0.25) is 4.90 Å². The molecule has 204 valence electrons. The molecule has 5 rings (SSSR count). The number of nitrogens with one attached hydrogen (secondary N) is 1. The third-order valence-corrected chi connectivity index (χ3v) is 8.81. The van der Waals surface area contributed by atoms with E-state index in [0.29, 0.717) is 16.1 Å². The molecule has 0 aliphatic carbocycles. The minimum absolute atomic E-state index is 0.600. The first-order chi connectivity index (χ1) is 18.6. The van der Waals surface area contributed by atoms with Gasteiger partial charge in [0.1, 0.15) is 5.75 Å². The number of hydrogen-bond donors (Lipinski definition) is 1. The van der Waals surface area contributed by atoms with Crippen LogP contribution in [0.25, 0.3) is 11.3 Å². The first kappa shape index (κ1) is 27.7. The molecule has 3 heterocycles. The number of ether oxygens (including phenoxy) is 2. The fourth-order valence-corrected chi connectivity index (χ4v) is 6.14. The van der Waals surface area contributed by atoms with Crippen molar-refractivity contribution < 1.29 is 9.47 Å². The molecule has 9 heteroatoms. The molecule has 0 spiro atoms. The maximum absolute atomic E-state index is 6.16. The van der Waals surface area contributed by atoms with Crippen molar-refractivity contribution in [3.05, 3.63) is 63.5 Å². The predicted octanol–water partition coefficient (Wildman–Crippen LogP) is 6.37. The van der Waals surface area contributed by atoms with Crippen molar-refractivity contribution in [1.29, 1.82) is 0 Å². The first-order valence-electron chi connectivity index (χ1n) is 13.6. The van der Waals surface area contributed by atoms with Crippen LogP contribution >= 0.6 is 34.5 Å². The van der Waals surface area contributed by atoms with E-state index in [-0.39, 0.29) is 0 Å². The van der Waals surface area contributed by atoms with E-state index in [9.17, 15) is 0 Å². The van der Waals surface area contributed by atoms with E-state index in [1.165, 1.54) is 18.4 Å². The summed E-state index contributed by atoms with van der Waals surface area (Å²) in [6, 6.07) is 14.8. The fourth-order valence-electron chi connectivity index (χ4n) is 4.93. The molecule has 2 aliphatic heterocycles. The quantitative estimate of drug-likeness (QED) is 0.269. The molecule has 1 aromatic heterocycles. The molecule has 0 amide bonds. The highest BCUT2D eigenvalue weighted by Gasteiger charge is 2.19. The highest BCUT2D eigenvalue weighted by Crippen LogP contribution is 2.29. The Kier molecular flexibility index (Phi) is 10.2. The molecule has 0 bridgehead atoms. The van der Waals surface area contributed by atoms with Crippen molar-refractivity contribution in [3.8, 4) is 17.0 Å². The molecule has 0 saturated carbocycles. The van der Waals surface area contributed by atoms with E-state index in [2.05, 4.69) is 38.7 Å². The summed E-state index contributed by atoms with van der Waals surface area (Å²) in [4.78, 5) is 9.62. The number of aromatic nitrogens is 1. The van der Waals surface area contributed by atoms with E-state index in [1.54, 1.807) is 11.3 Å². The number of piperidine rings is 1. The number of hydrogen-bond acceptors (Lipinski definition) is 7. The lowest BCUT2D eigenvalue weighted by Crippen LogP contribution is -2.42. The summed E-state index contributed by atoms with van der Waals surface area (Å²) >= 11 is 13.9. The van der Waals surface area contributed by atoms with Gasteiger partial charge < -0.3 is 19.7 Å². The average Bonchev–Trinajstić information content (AvgIpc) is 3.45. The van der Waals surface area contributed by atoms with E-state index in [0.717, 1.165) is 94.1 Å². The second-order valence-electron chi connectivity index (χ2n) is 9.95. The zero-order chi connectivity index (χ0) is 26.2. The van der Waals surface area contributed by atoms with Crippen LogP contribution in [0.15, 0.2) is 47.8 Å². The Morgan fingerprint density at radius 1 is 0.974 bits per heavy atom. The van der Waals surface area contributed by atoms with Crippen molar-refractivity contribution in [2.45, 2.75) is 38.3 Å². The molecule has 0 unspecified atom stereocenters. The van der Waals surface area contributed by atoms with Gasteiger partial charge in [-0.2, -0.15) is 0 Å². The molecule has 2 aromatic carbocycles. The molecule has 2 aliphatic rings. The van der Waals surface area contributed by atoms with Crippen molar-refractivity contribution in [2.75, 3.05) is 57.4 Å². The summed E-state index contributed by atoms with van der Waals surface area (Å²) < 4.78 is 11.4. The highest BCUT2D eigenvalue weighted by atomic mass is 35.5. The Bertz CT molecular complexity index is 1150. The van der Waals surface area contributed by atoms with Gasteiger partial charge in [0, 0.05) is 36.6 Å². The third-order valence-electron chi connectivity index (χ3n) is 7.17. The summed E-state index contributed by atoms with van der Waals surface area (Å²) in [5, 5.41) is 8.19. The number of thiazole rings is 1. The van der Waals surface area contributed by atoms with Gasteiger partial charge >= 0.3 is 0 Å². The number of unbranched alkanes of at least 4 members (excludes halogenated alkanes) is 1. The smallest absolute Gasteiger partial charge is 0.186 e. The van der Waals surface area contributed by atoms with E-state index in [4.69, 9.17) is 37.7 Å². The molecule has 2 fully saturated rings. The Hall–Kier alpha value is -1.87. The fraction of sp³-hybridized carbons (Fsp3) is 0.483. The Morgan fingerprint density at radius 2 is 1.76 bits per heavy atom. The average molecular weight is 576 g/mol. The Labute approximate surface area is 239 Å². The lowest BCUT2D eigenvalue weighted by Gasteiger charge is -2.32. The standard InChI is InChI=1S/C29H36Cl2N4O2S/c30-26-8-3-22(19-27(26)31)20-34-12-9-24(10-13-34)32-11-1-2-16-37-25-6-4-23(5-7-25)28-21-38-29(33-28)35-14-17-36-18-15-35/h3-8,19,21,24,32H,1-2,9-18,20H2. The first-order valence-corrected chi connectivity index (χ1v) is 15.2. The van der Waals surface area contributed by atoms with E-state index >= 15 is 0 Å². The van der Waals surface area contributed by atoms with E-state index < -0.39 is 0 Å². The molecule has 38 heavy (non-hydrogen) atoms. The lowest BCUT2D eigenvalue weighted by atomic mass is 10.0. The Balaban J connectivity index is 0.945. The largest absolute Gasteiger partial charge is 0.494 e. The van der Waals surface area contributed by atoms with Crippen molar-refractivity contribution in [3.63, 3.8) is 0 Å². The lowest BCUT2D eigenvalue weighted by molar-refractivity contribution is 0.122. The number of morpholine rings is 1. The number of likely N-dealkylation sites (tertiary alicyclic amines) is 1. The van der Waals surface area contributed by atoms with Crippen LogP contribution < -0.4 is 15.0 Å². The molecule has 2 saturated heterocycles. The molecular weight excluding hydrogens is 539 g/mol. The maximum Gasteiger partial charge on any atom is 0.186 e. The van der Waals surface area contributed by atoms with E-state index in [1.807, 2.05) is 24.3 Å². The number of benzene rings is 2. The number of rotatable bonds is 11. The van der Waals surface area contributed by atoms with Crippen LogP contribution in [0.3, 0.4) is 0 Å². The number of nitrogens with zero attached hydrogens (tertiary/aromatic N) is 3. The highest BCUT2D eigenvalue weighted by molar-refractivity contribution is 7.14. The summed E-state index contributed by atoms with van der Waals surface area (Å²) in [6.07, 6.45) is 4.51. The predicted molar refractivity (Wildman–Crippen MR) is 158 cm³/mol.